The van der Waals surface area contributed by atoms with Crippen molar-refractivity contribution in [1.82, 2.24) is 0 Å². The number of hydrogen-bond donors (Lipinski definition) is 2. The molecular weight excluding hydrogens is 500 g/mol. The molecule has 9 aliphatic rings. The minimum absolute atomic E-state index is 0.110. The van der Waals surface area contributed by atoms with Gasteiger partial charge in [-0.15, -0.1) is 0 Å². The van der Waals surface area contributed by atoms with Crippen LogP contribution in [-0.2, 0) is 28.5 Å². The van der Waals surface area contributed by atoms with Crippen molar-refractivity contribution in [3.8, 4) is 0 Å². The average molecular weight is 539 g/mol. The van der Waals surface area contributed by atoms with Crippen LogP contribution >= 0.6 is 0 Å². The third-order valence-corrected chi connectivity index (χ3v) is 13.4. The van der Waals surface area contributed by atoms with E-state index >= 15 is 0 Å². The molecule has 8 heteroatoms. The Hall–Kier alpha value is -1.55. The Morgan fingerprint density at radius 2 is 1.59 bits per heavy atom. The summed E-state index contributed by atoms with van der Waals surface area (Å²) in [6.07, 6.45) is 0.284. The van der Waals surface area contributed by atoms with Crippen LogP contribution < -0.4 is 0 Å². The third-order valence-electron chi connectivity index (χ3n) is 13.4. The molecule has 0 aromatic rings. The first-order valence-electron chi connectivity index (χ1n) is 14.5. The molecule has 15 atom stereocenters. The van der Waals surface area contributed by atoms with E-state index in [1.807, 2.05) is 6.92 Å². The van der Waals surface area contributed by atoms with Gasteiger partial charge in [-0.2, -0.15) is 0 Å². The topological polar surface area (TPSA) is 107 Å². The molecule has 8 nitrogen and oxygen atoms in total. The zero-order valence-electron chi connectivity index (χ0n) is 23.3. The second kappa shape index (κ2) is 6.27. The number of esters is 1. The number of carbonyl (C=O) groups is 1. The van der Waals surface area contributed by atoms with Crippen molar-refractivity contribution >= 4 is 5.97 Å². The summed E-state index contributed by atoms with van der Waals surface area (Å²) < 4.78 is 32.4. The number of carbonyl (C=O) groups excluding carboxylic acids is 1. The summed E-state index contributed by atoms with van der Waals surface area (Å²) >= 11 is 0. The van der Waals surface area contributed by atoms with Gasteiger partial charge in [0.05, 0.1) is 12.2 Å². The lowest BCUT2D eigenvalue weighted by Crippen LogP contribution is -2.65. The minimum Gasteiger partial charge on any atom is -0.425 e. The van der Waals surface area contributed by atoms with Gasteiger partial charge in [-0.05, 0) is 61.2 Å². The summed E-state index contributed by atoms with van der Waals surface area (Å²) in [6, 6.07) is 0. The van der Waals surface area contributed by atoms with Crippen LogP contribution in [0.3, 0.4) is 0 Å². The maximum atomic E-state index is 13.1. The van der Waals surface area contributed by atoms with Crippen LogP contribution in [0.5, 0.6) is 0 Å². The number of hydrogen-bond acceptors (Lipinski definition) is 8. The lowest BCUT2D eigenvalue weighted by Gasteiger charge is -2.53. The Labute approximate surface area is 228 Å². The maximum absolute atomic E-state index is 13.1. The fourth-order valence-corrected chi connectivity index (χ4v) is 11.5. The molecule has 6 saturated carbocycles. The van der Waals surface area contributed by atoms with Crippen LogP contribution in [0.2, 0.25) is 0 Å². The van der Waals surface area contributed by atoms with Crippen molar-refractivity contribution in [3.05, 3.63) is 35.5 Å². The number of rotatable bonds is 3. The number of epoxide rings is 1. The highest BCUT2D eigenvalue weighted by molar-refractivity contribution is 5.92. The molecule has 0 bridgehead atoms. The van der Waals surface area contributed by atoms with Crippen molar-refractivity contribution < 1.29 is 38.7 Å². The van der Waals surface area contributed by atoms with E-state index in [0.717, 1.165) is 24.0 Å². The summed E-state index contributed by atoms with van der Waals surface area (Å²) in [4.78, 5) is 13.1. The highest BCUT2D eigenvalue weighted by atomic mass is 16.9. The predicted molar refractivity (Wildman–Crippen MR) is 135 cm³/mol. The first-order valence-corrected chi connectivity index (χ1v) is 14.5. The summed E-state index contributed by atoms with van der Waals surface area (Å²) in [5.41, 5.74) is 0.304. The van der Waals surface area contributed by atoms with Crippen molar-refractivity contribution in [2.45, 2.75) is 94.7 Å². The number of fused-ring (bicyclic) bond motifs is 7. The van der Waals surface area contributed by atoms with Crippen LogP contribution in [0.4, 0.5) is 0 Å². The van der Waals surface area contributed by atoms with E-state index in [-0.39, 0.29) is 22.7 Å². The average Bonchev–Trinajstić information content (AvgIpc) is 3.76. The molecule has 9 rings (SSSR count). The normalized spacial score (nSPS) is 64.5. The molecule has 0 aromatic carbocycles. The second-order valence-corrected chi connectivity index (χ2v) is 14.9. The van der Waals surface area contributed by atoms with Crippen molar-refractivity contribution in [1.29, 1.82) is 0 Å². The summed E-state index contributed by atoms with van der Waals surface area (Å²) in [5.74, 6) is -1.80. The molecule has 6 aliphatic carbocycles. The summed E-state index contributed by atoms with van der Waals surface area (Å²) in [7, 11) is 1.60. The molecule has 0 amide bonds. The van der Waals surface area contributed by atoms with Crippen molar-refractivity contribution in [2.24, 2.45) is 46.3 Å². The largest absolute Gasteiger partial charge is 0.425 e. The predicted octanol–water partition coefficient (Wildman–Crippen LogP) is 2.99. The molecule has 2 N–H and O–H groups in total. The molecule has 0 aromatic heterocycles. The number of methoxy groups -OCH3 is 1. The summed E-state index contributed by atoms with van der Waals surface area (Å²) in [5, 5.41) is 23.8. The minimum atomic E-state index is -1.48. The Kier molecular flexibility index (Phi) is 3.87. The van der Waals surface area contributed by atoms with Crippen LogP contribution in [0, 0.1) is 46.3 Å². The second-order valence-electron chi connectivity index (χ2n) is 14.9. The molecular formula is C31H38O8. The highest BCUT2D eigenvalue weighted by Gasteiger charge is 2.95. The van der Waals surface area contributed by atoms with Crippen molar-refractivity contribution in [3.63, 3.8) is 0 Å². The Balaban J connectivity index is 1.13. The molecule has 39 heavy (non-hydrogen) atoms. The van der Waals surface area contributed by atoms with Gasteiger partial charge in [0.25, 0.3) is 0 Å². The van der Waals surface area contributed by atoms with Gasteiger partial charge < -0.3 is 33.9 Å². The third kappa shape index (κ3) is 2.19. The zero-order valence-corrected chi connectivity index (χ0v) is 23.3. The van der Waals surface area contributed by atoms with E-state index in [1.54, 1.807) is 14.0 Å². The fourth-order valence-electron chi connectivity index (χ4n) is 11.5. The molecule has 8 fully saturated rings. The molecule has 3 aliphatic heterocycles. The van der Waals surface area contributed by atoms with Gasteiger partial charge in [0.1, 0.15) is 0 Å². The van der Waals surface area contributed by atoms with Gasteiger partial charge in [-0.1, -0.05) is 38.2 Å². The highest BCUT2D eigenvalue weighted by Crippen LogP contribution is 2.81. The van der Waals surface area contributed by atoms with Gasteiger partial charge in [0.2, 0.25) is 11.6 Å². The standard InChI is InChI=1S/C31H38O8/c1-12-15-8-17(15)26(4)10-29(20(22(32)19(12)26)14(3)24(34)36-29)37-25-28(6)31(39-28)23(33)21-13(2)16-9-18(16)27(21,5)11-30(31,35-7)38-25/h15-19,21-23,25,32-33H,1-2,8-11H2,3-7H3/t15-,16-,17-,18-,19-,21-,22-,23-,25+,26+,27+,28-,29+,30+,31-/m1/s1. The van der Waals surface area contributed by atoms with Gasteiger partial charge in [-0.3, -0.25) is 0 Å². The number of aliphatic hydroxyl groups excluding tert-OH is 2. The maximum Gasteiger partial charge on any atom is 0.336 e. The first kappa shape index (κ1) is 24.1. The molecule has 2 saturated heterocycles. The summed E-state index contributed by atoms with van der Waals surface area (Å²) in [6.45, 7) is 16.7. The van der Waals surface area contributed by atoms with E-state index in [0.29, 0.717) is 47.7 Å². The molecule has 210 valence electrons. The van der Waals surface area contributed by atoms with Gasteiger partial charge in [0, 0.05) is 42.9 Å². The van der Waals surface area contributed by atoms with E-state index in [9.17, 15) is 15.0 Å². The monoisotopic (exact) mass is 538 g/mol. The van der Waals surface area contributed by atoms with Crippen LogP contribution in [0.15, 0.2) is 35.5 Å². The smallest absolute Gasteiger partial charge is 0.336 e. The molecule has 0 radical (unpaired) electrons. The van der Waals surface area contributed by atoms with Gasteiger partial charge >= 0.3 is 5.97 Å². The van der Waals surface area contributed by atoms with E-state index in [1.165, 1.54) is 0 Å². The molecule has 0 unspecified atom stereocenters. The van der Waals surface area contributed by atoms with E-state index in [2.05, 4.69) is 27.0 Å². The SMILES string of the molecule is C=C1[C@H]2C[C@H]2[C@]2(C)C[C@]3(OC)O[C@H](O[C@@]45C[C@@]6(C)[C@@H]7C[C@@H]7C(=C)[C@@H]6[C@@H](O)C4=C(C)C(=O)O5)[C@@]4(C)O[C@@]34[C@H](O)[C@@H]12. The van der Waals surface area contributed by atoms with Crippen LogP contribution in [0.1, 0.15) is 53.4 Å². The Morgan fingerprint density at radius 3 is 2.23 bits per heavy atom. The number of ether oxygens (including phenoxy) is 5. The lowest BCUT2D eigenvalue weighted by atomic mass is 9.57. The van der Waals surface area contributed by atoms with Crippen LogP contribution in [-0.4, -0.2) is 64.6 Å². The lowest BCUT2D eigenvalue weighted by molar-refractivity contribution is -0.380. The van der Waals surface area contributed by atoms with E-state index < -0.39 is 47.2 Å². The fraction of sp³-hybridized carbons (Fsp3) is 0.774. The van der Waals surface area contributed by atoms with Crippen LogP contribution in [0.25, 0.3) is 0 Å². The quantitative estimate of drug-likeness (QED) is 0.321. The first-order chi connectivity index (χ1) is 18.3. The molecule has 1 spiro atoms. The van der Waals surface area contributed by atoms with E-state index in [4.69, 9.17) is 23.7 Å². The molecule has 3 heterocycles. The van der Waals surface area contributed by atoms with Crippen molar-refractivity contribution in [2.75, 3.05) is 7.11 Å². The Bertz CT molecular complexity index is 1350. The zero-order chi connectivity index (χ0) is 27.4. The van der Waals surface area contributed by atoms with Gasteiger partial charge in [0.15, 0.2) is 17.5 Å². The Morgan fingerprint density at radius 1 is 0.974 bits per heavy atom. The van der Waals surface area contributed by atoms with Gasteiger partial charge in [-0.25, -0.2) is 4.79 Å². The number of aliphatic hydroxyl groups is 2.